The van der Waals surface area contributed by atoms with Gasteiger partial charge in [0.25, 0.3) is 0 Å². The molecule has 0 radical (unpaired) electrons. The van der Waals surface area contributed by atoms with Gasteiger partial charge in [-0.3, -0.25) is 0 Å². The van der Waals surface area contributed by atoms with Crippen LogP contribution in [-0.4, -0.2) is 19.0 Å². The highest BCUT2D eigenvalue weighted by Gasteiger charge is 1.99. The summed E-state index contributed by atoms with van der Waals surface area (Å²) in [5, 5.41) is 0. The quantitative estimate of drug-likeness (QED) is 0.446. The average Bonchev–Trinajstić information content (AvgIpc) is 2.11. The number of rotatable bonds is 9. The third-order valence-corrected chi connectivity index (χ3v) is 2.53. The van der Waals surface area contributed by atoms with E-state index in [1.165, 1.54) is 32.1 Å². The highest BCUT2D eigenvalue weighted by Crippen LogP contribution is 2.08. The van der Waals surface area contributed by atoms with Gasteiger partial charge in [-0.15, -0.1) is 0 Å². The van der Waals surface area contributed by atoms with Crippen molar-refractivity contribution >= 4 is 12.6 Å². The number of hydrogen-bond donors (Lipinski definition) is 1. The van der Waals surface area contributed by atoms with Gasteiger partial charge in [0, 0.05) is 13.2 Å². The van der Waals surface area contributed by atoms with E-state index >= 15 is 0 Å². The summed E-state index contributed by atoms with van der Waals surface area (Å²) in [7, 11) is 0. The summed E-state index contributed by atoms with van der Waals surface area (Å²) in [5.74, 6) is 1.76. The molecule has 0 saturated carbocycles. The molecule has 0 heterocycles. The summed E-state index contributed by atoms with van der Waals surface area (Å²) in [6, 6.07) is 0. The molecule has 0 aromatic carbocycles. The summed E-state index contributed by atoms with van der Waals surface area (Å²) >= 11 is 4.21. The Morgan fingerprint density at radius 1 is 1.15 bits per heavy atom. The second kappa shape index (κ2) is 10.4. The summed E-state index contributed by atoms with van der Waals surface area (Å²) in [5.41, 5.74) is 0. The number of thiol groups is 1. The Labute approximate surface area is 88.7 Å². The maximum absolute atomic E-state index is 5.53. The minimum Gasteiger partial charge on any atom is -0.381 e. The van der Waals surface area contributed by atoms with Crippen molar-refractivity contribution in [1.29, 1.82) is 0 Å². The van der Waals surface area contributed by atoms with Gasteiger partial charge in [0.15, 0.2) is 0 Å². The van der Waals surface area contributed by atoms with Gasteiger partial charge in [-0.2, -0.15) is 12.6 Å². The molecular formula is C11H24OS. The van der Waals surface area contributed by atoms with Gasteiger partial charge in [-0.1, -0.05) is 26.7 Å². The van der Waals surface area contributed by atoms with Gasteiger partial charge in [0.05, 0.1) is 0 Å². The minimum absolute atomic E-state index is 0.767. The van der Waals surface area contributed by atoms with Gasteiger partial charge in [-0.25, -0.2) is 0 Å². The lowest BCUT2D eigenvalue weighted by Crippen LogP contribution is -2.03. The Kier molecular flexibility index (Phi) is 10.6. The van der Waals surface area contributed by atoms with E-state index in [4.69, 9.17) is 4.74 Å². The SMILES string of the molecule is CCCCCOCCC(C)CCS. The molecule has 13 heavy (non-hydrogen) atoms. The van der Waals surface area contributed by atoms with Crippen LogP contribution in [-0.2, 0) is 4.74 Å². The first-order valence-corrected chi connectivity index (χ1v) is 6.13. The van der Waals surface area contributed by atoms with Crippen molar-refractivity contribution in [3.63, 3.8) is 0 Å². The van der Waals surface area contributed by atoms with Crippen molar-refractivity contribution in [2.45, 2.75) is 46.0 Å². The van der Waals surface area contributed by atoms with Crippen LogP contribution in [0.25, 0.3) is 0 Å². The maximum Gasteiger partial charge on any atom is 0.0468 e. The fraction of sp³-hybridized carbons (Fsp3) is 1.00. The van der Waals surface area contributed by atoms with Crippen molar-refractivity contribution in [2.24, 2.45) is 5.92 Å². The van der Waals surface area contributed by atoms with Crippen molar-refractivity contribution in [1.82, 2.24) is 0 Å². The predicted molar refractivity (Wildman–Crippen MR) is 62.6 cm³/mol. The van der Waals surface area contributed by atoms with E-state index in [0.29, 0.717) is 0 Å². The summed E-state index contributed by atoms with van der Waals surface area (Å²) in [4.78, 5) is 0. The first kappa shape index (κ1) is 13.3. The molecule has 1 unspecified atom stereocenters. The molecule has 0 aromatic rings. The molecule has 0 aliphatic rings. The molecule has 0 rings (SSSR count). The lowest BCUT2D eigenvalue weighted by atomic mass is 10.1. The van der Waals surface area contributed by atoms with Crippen molar-refractivity contribution in [3.05, 3.63) is 0 Å². The minimum atomic E-state index is 0.767. The van der Waals surface area contributed by atoms with Crippen LogP contribution >= 0.6 is 12.6 Å². The van der Waals surface area contributed by atoms with Crippen LogP contribution in [0.4, 0.5) is 0 Å². The Balaban J connectivity index is 2.97. The molecule has 80 valence electrons. The molecular weight excluding hydrogens is 180 g/mol. The van der Waals surface area contributed by atoms with E-state index in [9.17, 15) is 0 Å². The van der Waals surface area contributed by atoms with E-state index in [1.807, 2.05) is 0 Å². The molecule has 0 aliphatic heterocycles. The highest BCUT2D eigenvalue weighted by atomic mass is 32.1. The largest absolute Gasteiger partial charge is 0.381 e. The van der Waals surface area contributed by atoms with Crippen LogP contribution in [0.3, 0.4) is 0 Å². The second-order valence-corrected chi connectivity index (χ2v) is 4.17. The third-order valence-electron chi connectivity index (χ3n) is 2.27. The van der Waals surface area contributed by atoms with E-state index in [1.54, 1.807) is 0 Å². The summed E-state index contributed by atoms with van der Waals surface area (Å²) in [6.07, 6.45) is 6.19. The van der Waals surface area contributed by atoms with Gasteiger partial charge >= 0.3 is 0 Å². The van der Waals surface area contributed by atoms with Gasteiger partial charge < -0.3 is 4.74 Å². The van der Waals surface area contributed by atoms with Crippen LogP contribution in [0.1, 0.15) is 46.0 Å². The standard InChI is InChI=1S/C11H24OS/c1-3-4-5-8-12-9-6-11(2)7-10-13/h11,13H,3-10H2,1-2H3. The van der Waals surface area contributed by atoms with E-state index in [0.717, 1.165) is 24.9 Å². The zero-order valence-corrected chi connectivity index (χ0v) is 9.98. The average molecular weight is 204 g/mol. The molecule has 0 fully saturated rings. The van der Waals surface area contributed by atoms with Gasteiger partial charge in [0.1, 0.15) is 0 Å². The fourth-order valence-corrected chi connectivity index (χ4v) is 1.65. The molecule has 2 heteroatoms. The maximum atomic E-state index is 5.53. The van der Waals surface area contributed by atoms with Gasteiger partial charge in [0.2, 0.25) is 0 Å². The number of ether oxygens (including phenoxy) is 1. The van der Waals surface area contributed by atoms with E-state index in [-0.39, 0.29) is 0 Å². The molecule has 0 saturated heterocycles. The molecule has 1 atom stereocenters. The first-order chi connectivity index (χ1) is 6.31. The molecule has 1 nitrogen and oxygen atoms in total. The number of hydrogen-bond acceptors (Lipinski definition) is 2. The Morgan fingerprint density at radius 2 is 1.92 bits per heavy atom. The number of unbranched alkanes of at least 4 members (excludes halogenated alkanes) is 2. The Morgan fingerprint density at radius 3 is 2.54 bits per heavy atom. The van der Waals surface area contributed by atoms with Crippen LogP contribution in [0.5, 0.6) is 0 Å². The molecule has 0 spiro atoms. The molecule has 0 bridgehead atoms. The lowest BCUT2D eigenvalue weighted by molar-refractivity contribution is 0.118. The topological polar surface area (TPSA) is 9.23 Å². The van der Waals surface area contributed by atoms with Crippen LogP contribution in [0.15, 0.2) is 0 Å². The normalized spacial score (nSPS) is 13.2. The Bertz CT molecular complexity index is 96.1. The fourth-order valence-electron chi connectivity index (χ4n) is 1.21. The van der Waals surface area contributed by atoms with Crippen molar-refractivity contribution in [3.8, 4) is 0 Å². The van der Waals surface area contributed by atoms with E-state index in [2.05, 4.69) is 26.5 Å². The second-order valence-electron chi connectivity index (χ2n) is 3.73. The van der Waals surface area contributed by atoms with E-state index < -0.39 is 0 Å². The van der Waals surface area contributed by atoms with Gasteiger partial charge in [-0.05, 0) is 30.9 Å². The monoisotopic (exact) mass is 204 g/mol. The molecule has 0 amide bonds. The predicted octanol–water partition coefficient (Wildman–Crippen LogP) is 3.54. The smallest absolute Gasteiger partial charge is 0.0468 e. The molecule has 0 aliphatic carbocycles. The van der Waals surface area contributed by atoms with Crippen LogP contribution in [0.2, 0.25) is 0 Å². The summed E-state index contributed by atoms with van der Waals surface area (Å²) < 4.78 is 5.53. The molecule has 0 N–H and O–H groups in total. The van der Waals surface area contributed by atoms with Crippen molar-refractivity contribution in [2.75, 3.05) is 19.0 Å². The Hall–Kier alpha value is 0.310. The van der Waals surface area contributed by atoms with Crippen molar-refractivity contribution < 1.29 is 4.74 Å². The first-order valence-electron chi connectivity index (χ1n) is 5.49. The highest BCUT2D eigenvalue weighted by molar-refractivity contribution is 7.80. The summed E-state index contributed by atoms with van der Waals surface area (Å²) in [6.45, 7) is 6.36. The van der Waals surface area contributed by atoms with Crippen LogP contribution in [0, 0.1) is 5.92 Å². The third kappa shape index (κ3) is 10.2. The molecule has 0 aromatic heterocycles. The zero-order valence-electron chi connectivity index (χ0n) is 9.09. The zero-order chi connectivity index (χ0) is 9.94. The van der Waals surface area contributed by atoms with Crippen LogP contribution < -0.4 is 0 Å². The lowest BCUT2D eigenvalue weighted by Gasteiger charge is -2.09.